The molecule has 0 aliphatic heterocycles. The van der Waals surface area contributed by atoms with E-state index in [4.69, 9.17) is 4.74 Å². The molecule has 0 bridgehead atoms. The maximum Gasteiger partial charge on any atom is 0.311 e. The number of aliphatic hydroxyl groups excluding tert-OH is 1. The van der Waals surface area contributed by atoms with Gasteiger partial charge in [0.1, 0.15) is 0 Å². The lowest BCUT2D eigenvalue weighted by molar-refractivity contribution is -0.385. The summed E-state index contributed by atoms with van der Waals surface area (Å²) in [6.07, 6.45) is 0. The molecule has 0 aliphatic carbocycles. The Hall–Kier alpha value is -2.47. The smallest absolute Gasteiger partial charge is 0.311 e. The number of benzene rings is 2. The van der Waals surface area contributed by atoms with E-state index >= 15 is 0 Å². The van der Waals surface area contributed by atoms with Gasteiger partial charge in [0, 0.05) is 11.6 Å². The van der Waals surface area contributed by atoms with E-state index in [0.29, 0.717) is 0 Å². The molecule has 20 heavy (non-hydrogen) atoms. The van der Waals surface area contributed by atoms with E-state index in [1.807, 2.05) is 0 Å². The molecule has 1 N–H and O–H groups in total. The van der Waals surface area contributed by atoms with Crippen molar-refractivity contribution < 1.29 is 19.2 Å². The number of rotatable bonds is 4. The van der Waals surface area contributed by atoms with Crippen molar-refractivity contribution in [2.75, 3.05) is 0 Å². The van der Waals surface area contributed by atoms with Crippen molar-refractivity contribution in [1.82, 2.24) is 0 Å². The summed E-state index contributed by atoms with van der Waals surface area (Å²) < 4.78 is 19.1. The Morgan fingerprint density at radius 2 is 2.10 bits per heavy atom. The highest BCUT2D eigenvalue weighted by Gasteiger charge is 2.18. The van der Waals surface area contributed by atoms with Gasteiger partial charge >= 0.3 is 5.69 Å². The van der Waals surface area contributed by atoms with Gasteiger partial charge in [0.05, 0.1) is 11.5 Å². The third-order valence-corrected chi connectivity index (χ3v) is 2.74. The zero-order valence-electron chi connectivity index (χ0n) is 10.7. The molecular formula is C14H12FNO4. The summed E-state index contributed by atoms with van der Waals surface area (Å²) in [7, 11) is 0. The molecule has 2 rings (SSSR count). The van der Waals surface area contributed by atoms with Gasteiger partial charge < -0.3 is 9.84 Å². The predicted octanol–water partition coefficient (Wildman–Crippen LogP) is 3.33. The highest BCUT2D eigenvalue weighted by molar-refractivity contribution is 5.51. The molecule has 5 nitrogen and oxygen atoms in total. The van der Waals surface area contributed by atoms with Crippen LogP contribution >= 0.6 is 0 Å². The first-order chi connectivity index (χ1) is 9.52. The fraction of sp³-hybridized carbons (Fsp3) is 0.143. The number of hydrogen-bond donors (Lipinski definition) is 1. The van der Waals surface area contributed by atoms with Crippen LogP contribution in [0, 0.1) is 22.9 Å². The van der Waals surface area contributed by atoms with Crippen LogP contribution < -0.4 is 4.74 Å². The van der Waals surface area contributed by atoms with Crippen LogP contribution in [0.1, 0.15) is 11.1 Å². The van der Waals surface area contributed by atoms with Gasteiger partial charge in [0.25, 0.3) is 0 Å². The quantitative estimate of drug-likeness (QED) is 0.687. The minimum Gasteiger partial charge on any atom is -0.447 e. The number of nitro benzene ring substituents is 1. The van der Waals surface area contributed by atoms with Gasteiger partial charge in [-0.2, -0.15) is 0 Å². The number of hydrogen-bond acceptors (Lipinski definition) is 4. The summed E-state index contributed by atoms with van der Waals surface area (Å²) in [5, 5.41) is 20.1. The number of aryl methyl sites for hydroxylation is 1. The normalized spacial score (nSPS) is 10.3. The maximum atomic E-state index is 13.8. The second kappa shape index (κ2) is 5.66. The predicted molar refractivity (Wildman–Crippen MR) is 70.2 cm³/mol. The Balaban J connectivity index is 2.50. The summed E-state index contributed by atoms with van der Waals surface area (Å²) in [5.41, 5.74) is 0.705. The van der Waals surface area contributed by atoms with Gasteiger partial charge in [0.2, 0.25) is 5.75 Å². The lowest BCUT2D eigenvalue weighted by Gasteiger charge is -2.11. The van der Waals surface area contributed by atoms with Crippen molar-refractivity contribution in [2.45, 2.75) is 13.5 Å². The monoisotopic (exact) mass is 277 g/mol. The first kappa shape index (κ1) is 14.0. The molecule has 0 aromatic heterocycles. The molecule has 0 fully saturated rings. The molecule has 6 heteroatoms. The number of aliphatic hydroxyl groups is 1. The van der Waals surface area contributed by atoms with Crippen LogP contribution in [0.5, 0.6) is 11.5 Å². The van der Waals surface area contributed by atoms with Gasteiger partial charge in [-0.25, -0.2) is 4.39 Å². The molecule has 2 aromatic rings. The number of ether oxygens (including phenoxy) is 1. The topological polar surface area (TPSA) is 72.6 Å². The number of halogens is 1. The number of nitrogens with zero attached hydrogens (tertiary/aromatic N) is 1. The number of nitro groups is 1. The SMILES string of the molecule is Cc1ccc([N+](=O)[O-])c(Oc2c(F)cccc2CO)c1. The fourth-order valence-corrected chi connectivity index (χ4v) is 1.76. The van der Waals surface area contributed by atoms with Crippen LogP contribution in [-0.2, 0) is 6.61 Å². The van der Waals surface area contributed by atoms with E-state index in [-0.39, 0.29) is 22.7 Å². The molecule has 0 heterocycles. The first-order valence-corrected chi connectivity index (χ1v) is 5.84. The van der Waals surface area contributed by atoms with Crippen molar-refractivity contribution in [3.8, 4) is 11.5 Å². The minimum absolute atomic E-state index is 0.0604. The van der Waals surface area contributed by atoms with Crippen molar-refractivity contribution >= 4 is 5.69 Å². The highest BCUT2D eigenvalue weighted by atomic mass is 19.1. The van der Waals surface area contributed by atoms with Crippen LogP contribution in [0.15, 0.2) is 36.4 Å². The summed E-state index contributed by atoms with van der Waals surface area (Å²) in [4.78, 5) is 10.3. The lowest BCUT2D eigenvalue weighted by Crippen LogP contribution is -1.98. The van der Waals surface area contributed by atoms with Gasteiger partial charge in [-0.3, -0.25) is 10.1 Å². The number of para-hydroxylation sites is 1. The molecule has 0 atom stereocenters. The molecule has 0 radical (unpaired) electrons. The third-order valence-electron chi connectivity index (χ3n) is 2.74. The van der Waals surface area contributed by atoms with E-state index in [0.717, 1.165) is 11.6 Å². The summed E-state index contributed by atoms with van der Waals surface area (Å²) in [5.74, 6) is -0.953. The van der Waals surface area contributed by atoms with Gasteiger partial charge in [-0.15, -0.1) is 0 Å². The zero-order chi connectivity index (χ0) is 14.7. The molecule has 2 aromatic carbocycles. The fourth-order valence-electron chi connectivity index (χ4n) is 1.76. The first-order valence-electron chi connectivity index (χ1n) is 5.84. The van der Waals surface area contributed by atoms with Crippen LogP contribution in [0.4, 0.5) is 10.1 Å². The van der Waals surface area contributed by atoms with Crippen LogP contribution in [0.2, 0.25) is 0 Å². The Morgan fingerprint density at radius 3 is 2.75 bits per heavy atom. The van der Waals surface area contributed by atoms with Gasteiger partial charge in [-0.1, -0.05) is 18.2 Å². The van der Waals surface area contributed by atoms with E-state index in [1.165, 1.54) is 24.3 Å². The molecule has 0 spiro atoms. The van der Waals surface area contributed by atoms with E-state index in [9.17, 15) is 19.6 Å². The van der Waals surface area contributed by atoms with Crippen LogP contribution in [-0.4, -0.2) is 10.0 Å². The Labute approximate surface area is 114 Å². The molecule has 0 saturated carbocycles. The van der Waals surface area contributed by atoms with Crippen LogP contribution in [0.25, 0.3) is 0 Å². The van der Waals surface area contributed by atoms with E-state index in [2.05, 4.69) is 0 Å². The summed E-state index contributed by atoms with van der Waals surface area (Å²) in [6, 6.07) is 8.39. The maximum absolute atomic E-state index is 13.8. The zero-order valence-corrected chi connectivity index (χ0v) is 10.7. The van der Waals surface area contributed by atoms with Crippen molar-refractivity contribution in [3.63, 3.8) is 0 Å². The van der Waals surface area contributed by atoms with Crippen LogP contribution in [0.3, 0.4) is 0 Å². The van der Waals surface area contributed by atoms with Gasteiger partial charge in [-0.05, 0) is 24.6 Å². The van der Waals surface area contributed by atoms with Crippen molar-refractivity contribution in [2.24, 2.45) is 0 Å². The Kier molecular flexibility index (Phi) is 3.95. The average Bonchev–Trinajstić information content (AvgIpc) is 2.40. The molecule has 0 amide bonds. The van der Waals surface area contributed by atoms with Crippen molar-refractivity contribution in [3.05, 3.63) is 63.5 Å². The highest BCUT2D eigenvalue weighted by Crippen LogP contribution is 2.35. The van der Waals surface area contributed by atoms with Gasteiger partial charge in [0.15, 0.2) is 11.6 Å². The largest absolute Gasteiger partial charge is 0.447 e. The average molecular weight is 277 g/mol. The summed E-state index contributed by atoms with van der Waals surface area (Å²) in [6.45, 7) is 1.32. The van der Waals surface area contributed by atoms with Crippen molar-refractivity contribution in [1.29, 1.82) is 0 Å². The molecule has 0 saturated heterocycles. The molecular weight excluding hydrogens is 265 g/mol. The molecule has 104 valence electrons. The third kappa shape index (κ3) is 2.75. The lowest BCUT2D eigenvalue weighted by atomic mass is 10.2. The minimum atomic E-state index is -0.688. The second-order valence-electron chi connectivity index (χ2n) is 4.22. The second-order valence-corrected chi connectivity index (χ2v) is 4.22. The Bertz CT molecular complexity index is 658. The molecule has 0 aliphatic rings. The van der Waals surface area contributed by atoms with E-state index in [1.54, 1.807) is 13.0 Å². The Morgan fingerprint density at radius 1 is 1.35 bits per heavy atom. The van der Waals surface area contributed by atoms with E-state index < -0.39 is 17.3 Å². The summed E-state index contributed by atoms with van der Waals surface area (Å²) >= 11 is 0. The molecule has 0 unspecified atom stereocenters. The standard InChI is InChI=1S/C14H12FNO4/c1-9-5-6-12(16(18)19)13(7-9)20-14-10(8-17)3-2-4-11(14)15/h2-7,17H,8H2,1H3.